The molecule has 2 aromatic heterocycles. The lowest BCUT2D eigenvalue weighted by atomic mass is 10.2. The number of rotatable bonds is 5. The summed E-state index contributed by atoms with van der Waals surface area (Å²) in [6, 6.07) is 7.67. The van der Waals surface area contributed by atoms with Gasteiger partial charge in [-0.1, -0.05) is 22.8 Å². The van der Waals surface area contributed by atoms with Crippen molar-refractivity contribution in [2.45, 2.75) is 31.3 Å². The van der Waals surface area contributed by atoms with Crippen LogP contribution in [-0.2, 0) is 17.2 Å². The molecule has 0 bridgehead atoms. The van der Waals surface area contributed by atoms with Gasteiger partial charge in [-0.25, -0.2) is 9.97 Å². The van der Waals surface area contributed by atoms with Crippen molar-refractivity contribution >= 4 is 39.3 Å². The largest absolute Gasteiger partial charge is 0.361 e. The van der Waals surface area contributed by atoms with Gasteiger partial charge in [-0.3, -0.25) is 14.1 Å². The number of nitrogens with one attached hydrogen (secondary N) is 2. The molecule has 3 aromatic rings. The maximum absolute atomic E-state index is 12.8. The van der Waals surface area contributed by atoms with Crippen LogP contribution in [0.4, 0.5) is 5.82 Å². The van der Waals surface area contributed by atoms with Crippen LogP contribution in [0.1, 0.15) is 25.5 Å². The third kappa shape index (κ3) is 3.76. The molecule has 0 fully saturated rings. The Morgan fingerprint density at radius 3 is 2.58 bits per heavy atom. The lowest BCUT2D eigenvalue weighted by molar-refractivity contribution is 0.593. The van der Waals surface area contributed by atoms with E-state index < -0.39 is 10.7 Å². The van der Waals surface area contributed by atoms with Crippen LogP contribution in [0.25, 0.3) is 11.2 Å². The Morgan fingerprint density at radius 1 is 1.27 bits per heavy atom. The van der Waals surface area contributed by atoms with Crippen molar-refractivity contribution in [3.63, 3.8) is 0 Å². The van der Waals surface area contributed by atoms with Crippen LogP contribution in [-0.4, -0.2) is 25.8 Å². The van der Waals surface area contributed by atoms with E-state index in [-0.39, 0.29) is 22.7 Å². The van der Waals surface area contributed by atoms with Crippen LogP contribution in [0.15, 0.2) is 40.2 Å². The van der Waals surface area contributed by atoms with Gasteiger partial charge in [0.2, 0.25) is 5.28 Å². The van der Waals surface area contributed by atoms with Gasteiger partial charge in [0.05, 0.1) is 6.20 Å². The van der Waals surface area contributed by atoms with E-state index in [2.05, 4.69) is 20.3 Å². The second kappa shape index (κ2) is 7.51. The number of benzene rings is 1. The Morgan fingerprint density at radius 2 is 1.96 bits per heavy atom. The summed E-state index contributed by atoms with van der Waals surface area (Å²) in [7, 11) is -0.518. The van der Waals surface area contributed by atoms with Gasteiger partial charge in [0.25, 0.3) is 5.56 Å². The predicted molar refractivity (Wildman–Crippen MR) is 105 cm³/mol. The fraction of sp³-hybridized carbons (Fsp3) is 0.294. The number of hydrogen-bond acceptors (Lipinski definition) is 6. The maximum Gasteiger partial charge on any atom is 0.295 e. The van der Waals surface area contributed by atoms with Gasteiger partial charge >= 0.3 is 0 Å². The summed E-state index contributed by atoms with van der Waals surface area (Å²) in [5, 5.41) is 3.18. The highest BCUT2D eigenvalue weighted by molar-refractivity contribution is 7.85. The van der Waals surface area contributed by atoms with E-state index in [1.807, 2.05) is 44.4 Å². The Labute approximate surface area is 158 Å². The third-order valence-electron chi connectivity index (χ3n) is 3.86. The average molecular weight is 391 g/mol. The van der Waals surface area contributed by atoms with Crippen molar-refractivity contribution in [3.8, 4) is 0 Å². The zero-order valence-corrected chi connectivity index (χ0v) is 16.2. The summed E-state index contributed by atoms with van der Waals surface area (Å²) >= 11 is 5.87. The number of anilines is 1. The Hall–Kier alpha value is -2.32. The molecule has 1 unspecified atom stereocenters. The molecular weight excluding hydrogens is 372 g/mol. The van der Waals surface area contributed by atoms with Crippen molar-refractivity contribution in [1.82, 2.24) is 19.5 Å². The molecule has 0 aliphatic rings. The quantitative estimate of drug-likeness (QED) is 0.651. The smallest absolute Gasteiger partial charge is 0.295 e. The molecule has 26 heavy (non-hydrogen) atoms. The fourth-order valence-electron chi connectivity index (χ4n) is 2.57. The van der Waals surface area contributed by atoms with Crippen molar-refractivity contribution in [1.29, 1.82) is 4.78 Å². The number of halogens is 1. The summed E-state index contributed by atoms with van der Waals surface area (Å²) in [6.07, 6.45) is 3.37. The molecule has 1 atom stereocenters. The lowest BCUT2D eigenvalue weighted by Crippen LogP contribution is -2.27. The standard InChI is InChI=1S/C17H19ClN6OS/c1-10(2)24-15-13(9-21-17(18)23-15)22-14(16(24)25)20-8-11-4-6-12(7-5-11)26(3)19/h4-7,9-10,19H,8H2,1-3H3,(H,20,22). The SMILES string of the molecule is CC(C)n1c(=O)c(NCc2ccc(S(C)=N)cc2)nc2cnc(Cl)nc21. The van der Waals surface area contributed by atoms with Crippen LogP contribution >= 0.6 is 11.6 Å². The maximum atomic E-state index is 12.8. The molecular formula is C17H19ClN6OS. The summed E-state index contributed by atoms with van der Waals surface area (Å²) in [6.45, 7) is 4.26. The monoisotopic (exact) mass is 390 g/mol. The van der Waals surface area contributed by atoms with E-state index in [4.69, 9.17) is 16.4 Å². The van der Waals surface area contributed by atoms with E-state index in [0.717, 1.165) is 10.5 Å². The highest BCUT2D eigenvalue weighted by Crippen LogP contribution is 2.16. The van der Waals surface area contributed by atoms with E-state index in [9.17, 15) is 4.79 Å². The lowest BCUT2D eigenvalue weighted by Gasteiger charge is -2.15. The van der Waals surface area contributed by atoms with Crippen LogP contribution in [0, 0.1) is 4.78 Å². The summed E-state index contributed by atoms with van der Waals surface area (Å²) in [5.41, 5.74) is 1.68. The Balaban J connectivity index is 1.95. The first-order valence-electron chi connectivity index (χ1n) is 8.01. The highest BCUT2D eigenvalue weighted by Gasteiger charge is 2.15. The van der Waals surface area contributed by atoms with E-state index in [1.165, 1.54) is 6.20 Å². The third-order valence-corrected chi connectivity index (χ3v) is 5.02. The van der Waals surface area contributed by atoms with E-state index in [1.54, 1.807) is 4.57 Å². The van der Waals surface area contributed by atoms with Crippen LogP contribution in [0.5, 0.6) is 0 Å². The molecule has 3 rings (SSSR count). The zero-order chi connectivity index (χ0) is 18.8. The first kappa shape index (κ1) is 18.5. The topological polar surface area (TPSA) is 96.6 Å². The molecule has 2 heterocycles. The van der Waals surface area contributed by atoms with Crippen molar-refractivity contribution in [3.05, 3.63) is 51.7 Å². The summed E-state index contributed by atoms with van der Waals surface area (Å²) in [5.74, 6) is 0.247. The summed E-state index contributed by atoms with van der Waals surface area (Å²) in [4.78, 5) is 26.3. The molecule has 2 N–H and O–H groups in total. The van der Waals surface area contributed by atoms with Crippen molar-refractivity contribution < 1.29 is 0 Å². The van der Waals surface area contributed by atoms with Gasteiger partial charge in [-0.15, -0.1) is 0 Å². The Kier molecular flexibility index (Phi) is 5.33. The van der Waals surface area contributed by atoms with Gasteiger partial charge in [0, 0.05) is 17.5 Å². The summed E-state index contributed by atoms with van der Waals surface area (Å²) < 4.78 is 9.31. The predicted octanol–water partition coefficient (Wildman–Crippen LogP) is 3.40. The van der Waals surface area contributed by atoms with Crippen LogP contribution < -0.4 is 10.9 Å². The van der Waals surface area contributed by atoms with Crippen molar-refractivity contribution in [2.75, 3.05) is 11.6 Å². The van der Waals surface area contributed by atoms with Gasteiger partial charge in [0.1, 0.15) is 5.52 Å². The second-order valence-electron chi connectivity index (χ2n) is 6.09. The molecule has 0 radical (unpaired) electrons. The molecule has 0 amide bonds. The fourth-order valence-corrected chi connectivity index (χ4v) is 3.24. The minimum atomic E-state index is -0.518. The molecule has 1 aromatic carbocycles. The minimum Gasteiger partial charge on any atom is -0.361 e. The molecule has 0 aliphatic heterocycles. The average Bonchev–Trinajstić information content (AvgIpc) is 2.60. The van der Waals surface area contributed by atoms with Crippen molar-refractivity contribution in [2.24, 2.45) is 0 Å². The van der Waals surface area contributed by atoms with Gasteiger partial charge in [0.15, 0.2) is 11.5 Å². The van der Waals surface area contributed by atoms with Gasteiger partial charge in [-0.05, 0) is 49.4 Å². The van der Waals surface area contributed by atoms with E-state index in [0.29, 0.717) is 17.7 Å². The van der Waals surface area contributed by atoms with Gasteiger partial charge in [-0.2, -0.15) is 4.98 Å². The number of nitrogens with zero attached hydrogens (tertiary/aromatic N) is 4. The first-order chi connectivity index (χ1) is 12.4. The zero-order valence-electron chi connectivity index (χ0n) is 14.7. The van der Waals surface area contributed by atoms with E-state index >= 15 is 0 Å². The molecule has 0 saturated carbocycles. The second-order valence-corrected chi connectivity index (χ2v) is 7.92. The Bertz CT molecular complexity index is 1030. The minimum absolute atomic E-state index is 0.0817. The highest BCUT2D eigenvalue weighted by atomic mass is 35.5. The number of hydrogen-bond donors (Lipinski definition) is 2. The number of aromatic nitrogens is 4. The first-order valence-corrected chi connectivity index (χ1v) is 10.0. The molecule has 0 saturated heterocycles. The molecule has 0 spiro atoms. The number of fused-ring (bicyclic) bond motifs is 1. The van der Waals surface area contributed by atoms with Crippen LogP contribution in [0.2, 0.25) is 5.28 Å². The van der Waals surface area contributed by atoms with Crippen LogP contribution in [0.3, 0.4) is 0 Å². The molecule has 7 nitrogen and oxygen atoms in total. The molecule has 9 heteroatoms. The van der Waals surface area contributed by atoms with Gasteiger partial charge < -0.3 is 5.32 Å². The molecule has 0 aliphatic carbocycles. The normalized spacial score (nSPS) is 12.5. The molecule has 136 valence electrons.